The number of nitrogens with zero attached hydrogens (tertiary/aromatic N) is 2. The second-order valence-corrected chi connectivity index (χ2v) is 5.83. The molecule has 1 aromatic heterocycles. The summed E-state index contributed by atoms with van der Waals surface area (Å²) >= 11 is 0. The van der Waals surface area contributed by atoms with E-state index in [0.717, 1.165) is 10.2 Å². The van der Waals surface area contributed by atoms with Gasteiger partial charge in [0, 0.05) is 22.8 Å². The average Bonchev–Trinajstić information content (AvgIpc) is 2.61. The van der Waals surface area contributed by atoms with Crippen molar-refractivity contribution in [2.24, 2.45) is 0 Å². The standard InChI is InChI=1S/C9H7ClN2O4S/c1-6-2-4-7(5-3-6)12-8(17(10,14)15)9(13)16-11-12/h2-5H,1H3. The maximum atomic E-state index is 11.2. The van der Waals surface area contributed by atoms with Crippen LogP contribution in [0.2, 0.25) is 0 Å². The number of aryl methyl sites for hydroxylation is 1. The number of rotatable bonds is 2. The molecular formula is C9H7ClN2O4S. The highest BCUT2D eigenvalue weighted by Gasteiger charge is 2.31. The van der Waals surface area contributed by atoms with E-state index in [0.29, 0.717) is 5.69 Å². The summed E-state index contributed by atoms with van der Waals surface area (Å²) in [7, 11) is 0.930. The Balaban J connectivity index is 2.65. The third kappa shape index (κ3) is 2.25. The molecule has 17 heavy (non-hydrogen) atoms. The molecule has 90 valence electrons. The fraction of sp³-hybridized carbons (Fsp3) is 0.111. The summed E-state index contributed by atoms with van der Waals surface area (Å²) in [6.07, 6.45) is 0. The van der Waals surface area contributed by atoms with E-state index in [4.69, 9.17) is 10.7 Å². The Kier molecular flexibility index (Phi) is 2.80. The minimum Gasteiger partial charge on any atom is -0.538 e. The molecule has 2 rings (SSSR count). The Morgan fingerprint density at radius 2 is 1.94 bits per heavy atom. The van der Waals surface area contributed by atoms with Gasteiger partial charge >= 0.3 is 14.1 Å². The molecule has 1 heterocycles. The van der Waals surface area contributed by atoms with Crippen LogP contribution in [0, 0.1) is 6.92 Å². The maximum absolute atomic E-state index is 11.2. The average molecular weight is 275 g/mol. The molecule has 0 aliphatic heterocycles. The summed E-state index contributed by atoms with van der Waals surface area (Å²) in [5.41, 5.74) is 1.36. The largest absolute Gasteiger partial charge is 0.538 e. The second-order valence-electron chi connectivity index (χ2n) is 3.35. The van der Waals surface area contributed by atoms with E-state index in [-0.39, 0.29) is 0 Å². The predicted molar refractivity (Wildman–Crippen MR) is 55.3 cm³/mol. The van der Waals surface area contributed by atoms with Crippen LogP contribution in [0.25, 0.3) is 5.69 Å². The molecule has 0 spiro atoms. The minimum atomic E-state index is -4.21. The first-order valence-electron chi connectivity index (χ1n) is 4.50. The molecule has 0 fully saturated rings. The number of benzene rings is 1. The van der Waals surface area contributed by atoms with Gasteiger partial charge in [-0.2, -0.15) is 0 Å². The van der Waals surface area contributed by atoms with Crippen LogP contribution in [-0.2, 0) is 9.05 Å². The van der Waals surface area contributed by atoms with Gasteiger partial charge in [-0.05, 0) is 11.6 Å². The van der Waals surface area contributed by atoms with Crippen LogP contribution in [0.1, 0.15) is 5.56 Å². The summed E-state index contributed by atoms with van der Waals surface area (Å²) in [6, 6.07) is 6.68. The zero-order valence-corrected chi connectivity index (χ0v) is 10.2. The number of halogens is 1. The number of hydrogen-bond donors (Lipinski definition) is 0. The van der Waals surface area contributed by atoms with E-state index in [1.54, 1.807) is 24.3 Å². The molecule has 0 aliphatic carbocycles. The quantitative estimate of drug-likeness (QED) is 0.579. The lowest BCUT2D eigenvalue weighted by molar-refractivity contribution is -0.705. The Labute approximate surface area is 101 Å². The minimum absolute atomic E-state index is 0.376. The summed E-state index contributed by atoms with van der Waals surface area (Å²) < 4.78 is 27.6. The van der Waals surface area contributed by atoms with Crippen molar-refractivity contribution >= 4 is 19.7 Å². The van der Waals surface area contributed by atoms with Gasteiger partial charge in [-0.1, -0.05) is 17.7 Å². The van der Waals surface area contributed by atoms with Crippen molar-refractivity contribution in [2.45, 2.75) is 11.9 Å². The molecule has 0 aliphatic rings. The molecule has 1 aromatic carbocycles. The zero-order chi connectivity index (χ0) is 12.6. The highest BCUT2D eigenvalue weighted by atomic mass is 35.7. The zero-order valence-electron chi connectivity index (χ0n) is 8.62. The monoisotopic (exact) mass is 274 g/mol. The molecule has 0 radical (unpaired) electrons. The van der Waals surface area contributed by atoms with Crippen molar-refractivity contribution in [3.05, 3.63) is 29.8 Å². The summed E-state index contributed by atoms with van der Waals surface area (Å²) in [4.78, 5) is 0. The third-order valence-electron chi connectivity index (χ3n) is 2.08. The van der Waals surface area contributed by atoms with Crippen molar-refractivity contribution in [2.75, 3.05) is 0 Å². The Morgan fingerprint density at radius 3 is 2.47 bits per heavy atom. The SMILES string of the molecule is Cc1ccc(-[n+]2noc([O-])c2S(=O)(=O)Cl)cc1. The van der Waals surface area contributed by atoms with Gasteiger partial charge in [-0.3, -0.25) is 0 Å². The van der Waals surface area contributed by atoms with E-state index >= 15 is 0 Å². The molecular weight excluding hydrogens is 268 g/mol. The molecule has 0 saturated heterocycles. The predicted octanol–water partition coefficient (Wildman–Crippen LogP) is 0.261. The molecule has 0 N–H and O–H groups in total. The van der Waals surface area contributed by atoms with Crippen LogP contribution in [0.4, 0.5) is 0 Å². The Morgan fingerprint density at radius 1 is 1.35 bits per heavy atom. The van der Waals surface area contributed by atoms with E-state index in [9.17, 15) is 13.5 Å². The highest BCUT2D eigenvalue weighted by Crippen LogP contribution is 2.20. The Bertz CT molecular complexity index is 648. The van der Waals surface area contributed by atoms with Crippen LogP contribution in [0.3, 0.4) is 0 Å². The van der Waals surface area contributed by atoms with Crippen molar-refractivity contribution < 1.29 is 22.7 Å². The van der Waals surface area contributed by atoms with E-state index in [1.165, 1.54) is 0 Å². The fourth-order valence-electron chi connectivity index (χ4n) is 1.29. The van der Waals surface area contributed by atoms with Crippen molar-refractivity contribution in [1.82, 2.24) is 5.27 Å². The number of aromatic nitrogens is 2. The van der Waals surface area contributed by atoms with Crippen molar-refractivity contribution in [3.63, 3.8) is 0 Å². The van der Waals surface area contributed by atoms with Gasteiger partial charge in [-0.15, -0.1) is 0 Å². The van der Waals surface area contributed by atoms with Crippen LogP contribution in [0.5, 0.6) is 5.95 Å². The second kappa shape index (κ2) is 4.01. The van der Waals surface area contributed by atoms with Gasteiger partial charge < -0.3 is 9.63 Å². The molecule has 6 nitrogen and oxygen atoms in total. The smallest absolute Gasteiger partial charge is 0.368 e. The van der Waals surface area contributed by atoms with Crippen molar-refractivity contribution in [1.29, 1.82) is 0 Å². The number of hydrogen-bond acceptors (Lipinski definition) is 5. The molecule has 8 heteroatoms. The van der Waals surface area contributed by atoms with Crippen LogP contribution in [0.15, 0.2) is 33.8 Å². The van der Waals surface area contributed by atoms with Gasteiger partial charge in [0.05, 0.1) is 5.27 Å². The normalized spacial score (nSPS) is 11.6. The lowest BCUT2D eigenvalue weighted by Crippen LogP contribution is -2.37. The Hall–Kier alpha value is -1.60. The van der Waals surface area contributed by atoms with E-state index in [2.05, 4.69) is 9.79 Å². The topological polar surface area (TPSA) is 87.1 Å². The summed E-state index contributed by atoms with van der Waals surface area (Å²) in [5.74, 6) is -1.10. The first-order valence-corrected chi connectivity index (χ1v) is 6.81. The lowest BCUT2D eigenvalue weighted by Gasteiger charge is -1.94. The molecule has 2 aromatic rings. The summed E-state index contributed by atoms with van der Waals surface area (Å²) in [6.45, 7) is 1.87. The van der Waals surface area contributed by atoms with Crippen LogP contribution < -0.4 is 9.79 Å². The van der Waals surface area contributed by atoms with Gasteiger partial charge in [0.25, 0.3) is 0 Å². The van der Waals surface area contributed by atoms with Gasteiger partial charge in [0.15, 0.2) is 5.95 Å². The summed E-state index contributed by atoms with van der Waals surface area (Å²) in [5, 5.41) is 13.9. The van der Waals surface area contributed by atoms with E-state index in [1.807, 2.05) is 6.92 Å². The molecule has 0 atom stereocenters. The van der Waals surface area contributed by atoms with Gasteiger partial charge in [-0.25, -0.2) is 8.42 Å². The lowest BCUT2D eigenvalue weighted by atomic mass is 10.2. The first-order chi connectivity index (χ1) is 7.89. The van der Waals surface area contributed by atoms with E-state index < -0.39 is 20.0 Å². The van der Waals surface area contributed by atoms with Crippen molar-refractivity contribution in [3.8, 4) is 11.6 Å². The molecule has 0 bridgehead atoms. The van der Waals surface area contributed by atoms with Crippen LogP contribution in [-0.4, -0.2) is 13.7 Å². The van der Waals surface area contributed by atoms with Gasteiger partial charge in [0.2, 0.25) is 5.69 Å². The fourth-order valence-corrected chi connectivity index (χ4v) is 2.26. The highest BCUT2D eigenvalue weighted by molar-refractivity contribution is 8.13. The maximum Gasteiger partial charge on any atom is 0.368 e. The molecule has 0 unspecified atom stereocenters. The first kappa shape index (κ1) is 11.9. The van der Waals surface area contributed by atoms with Gasteiger partial charge in [0.1, 0.15) is 0 Å². The third-order valence-corrected chi connectivity index (χ3v) is 3.32. The van der Waals surface area contributed by atoms with Crippen LogP contribution >= 0.6 is 10.7 Å². The molecule has 0 amide bonds. The molecule has 0 saturated carbocycles.